The number of hydrogen-bond acceptors (Lipinski definition) is 4. The first-order valence-electron chi connectivity index (χ1n) is 4.07. The summed E-state index contributed by atoms with van der Waals surface area (Å²) in [6.07, 6.45) is 6.72. The van der Waals surface area contributed by atoms with Crippen LogP contribution in [0.4, 0.5) is 5.95 Å². The standard InChI is InChI=1S/C9H8BrN3O/c10-8-4-12-9(13-5-8)11-3-7-1-2-14-6-7/h1-2,4-6H,3H2,(H,11,12,13). The van der Waals surface area contributed by atoms with E-state index < -0.39 is 0 Å². The van der Waals surface area contributed by atoms with E-state index in [1.165, 1.54) is 0 Å². The molecule has 14 heavy (non-hydrogen) atoms. The molecular weight excluding hydrogens is 246 g/mol. The third-order valence-corrected chi connectivity index (χ3v) is 2.06. The van der Waals surface area contributed by atoms with Gasteiger partial charge in [-0.2, -0.15) is 0 Å². The van der Waals surface area contributed by atoms with Crippen LogP contribution < -0.4 is 5.32 Å². The molecule has 0 aliphatic carbocycles. The Morgan fingerprint density at radius 1 is 1.36 bits per heavy atom. The van der Waals surface area contributed by atoms with Crippen LogP contribution in [0.25, 0.3) is 0 Å². The van der Waals surface area contributed by atoms with Gasteiger partial charge in [0.05, 0.1) is 17.0 Å². The van der Waals surface area contributed by atoms with Crippen molar-refractivity contribution < 1.29 is 4.42 Å². The Bertz CT molecular complexity index is 385. The van der Waals surface area contributed by atoms with E-state index in [1.54, 1.807) is 24.9 Å². The molecule has 0 radical (unpaired) electrons. The van der Waals surface area contributed by atoms with Gasteiger partial charge in [-0.15, -0.1) is 0 Å². The SMILES string of the molecule is Brc1cnc(NCc2ccoc2)nc1. The Morgan fingerprint density at radius 2 is 2.14 bits per heavy atom. The minimum Gasteiger partial charge on any atom is -0.472 e. The first-order chi connectivity index (χ1) is 6.84. The second-order valence-corrected chi connectivity index (χ2v) is 3.63. The van der Waals surface area contributed by atoms with Gasteiger partial charge in [0.1, 0.15) is 0 Å². The minimum absolute atomic E-state index is 0.606. The van der Waals surface area contributed by atoms with Crippen molar-refractivity contribution in [1.82, 2.24) is 9.97 Å². The first kappa shape index (κ1) is 9.21. The number of furan rings is 1. The summed E-state index contributed by atoms with van der Waals surface area (Å²) in [5.41, 5.74) is 1.07. The van der Waals surface area contributed by atoms with E-state index >= 15 is 0 Å². The van der Waals surface area contributed by atoms with Crippen LogP contribution in [-0.2, 0) is 6.54 Å². The molecule has 4 nitrogen and oxygen atoms in total. The van der Waals surface area contributed by atoms with Gasteiger partial charge in [0.25, 0.3) is 0 Å². The summed E-state index contributed by atoms with van der Waals surface area (Å²) in [7, 11) is 0. The summed E-state index contributed by atoms with van der Waals surface area (Å²) in [4.78, 5) is 8.16. The highest BCUT2D eigenvalue weighted by atomic mass is 79.9. The molecule has 0 saturated heterocycles. The molecule has 72 valence electrons. The van der Waals surface area contributed by atoms with Crippen LogP contribution in [0.2, 0.25) is 0 Å². The number of aromatic nitrogens is 2. The molecule has 0 bridgehead atoms. The number of anilines is 1. The predicted molar refractivity (Wildman–Crippen MR) is 55.8 cm³/mol. The lowest BCUT2D eigenvalue weighted by Gasteiger charge is -2.01. The van der Waals surface area contributed by atoms with E-state index in [0.29, 0.717) is 12.5 Å². The summed E-state index contributed by atoms with van der Waals surface area (Å²) < 4.78 is 5.80. The number of halogens is 1. The topological polar surface area (TPSA) is 51.0 Å². The molecule has 0 saturated carbocycles. The van der Waals surface area contributed by atoms with Crippen LogP contribution in [0.15, 0.2) is 39.9 Å². The molecule has 0 spiro atoms. The second kappa shape index (κ2) is 4.23. The fraction of sp³-hybridized carbons (Fsp3) is 0.111. The van der Waals surface area contributed by atoms with Gasteiger partial charge >= 0.3 is 0 Å². The summed E-state index contributed by atoms with van der Waals surface area (Å²) in [6, 6.07) is 1.89. The van der Waals surface area contributed by atoms with Gasteiger partial charge in [-0.25, -0.2) is 9.97 Å². The van der Waals surface area contributed by atoms with Gasteiger partial charge in [-0.05, 0) is 22.0 Å². The van der Waals surface area contributed by atoms with Crippen LogP contribution in [0, 0.1) is 0 Å². The zero-order valence-corrected chi connectivity index (χ0v) is 8.86. The number of nitrogens with zero attached hydrogens (tertiary/aromatic N) is 2. The van der Waals surface area contributed by atoms with Crippen molar-refractivity contribution in [3.8, 4) is 0 Å². The van der Waals surface area contributed by atoms with Crippen LogP contribution in [0.1, 0.15) is 5.56 Å². The lowest BCUT2D eigenvalue weighted by Crippen LogP contribution is -2.01. The fourth-order valence-electron chi connectivity index (χ4n) is 0.978. The Balaban J connectivity index is 1.95. The molecule has 0 atom stereocenters. The minimum atomic E-state index is 0.606. The quantitative estimate of drug-likeness (QED) is 0.913. The van der Waals surface area contributed by atoms with E-state index in [9.17, 15) is 0 Å². The molecule has 1 N–H and O–H groups in total. The number of nitrogens with one attached hydrogen (secondary N) is 1. The molecule has 5 heteroatoms. The highest BCUT2D eigenvalue weighted by molar-refractivity contribution is 9.10. The Morgan fingerprint density at radius 3 is 2.79 bits per heavy atom. The average molecular weight is 254 g/mol. The molecular formula is C9H8BrN3O. The van der Waals surface area contributed by atoms with Gasteiger partial charge in [-0.1, -0.05) is 0 Å². The van der Waals surface area contributed by atoms with Crippen molar-refractivity contribution in [2.24, 2.45) is 0 Å². The monoisotopic (exact) mass is 253 g/mol. The smallest absolute Gasteiger partial charge is 0.222 e. The second-order valence-electron chi connectivity index (χ2n) is 2.71. The van der Waals surface area contributed by atoms with Crippen LogP contribution in [0.3, 0.4) is 0 Å². The van der Waals surface area contributed by atoms with E-state index in [-0.39, 0.29) is 0 Å². The lowest BCUT2D eigenvalue weighted by molar-refractivity contribution is 0.564. The highest BCUT2D eigenvalue weighted by Gasteiger charge is 1.96. The summed E-state index contributed by atoms with van der Waals surface area (Å²) in [6.45, 7) is 0.665. The van der Waals surface area contributed by atoms with Crippen molar-refractivity contribution in [3.63, 3.8) is 0 Å². The van der Waals surface area contributed by atoms with Crippen molar-refractivity contribution in [2.45, 2.75) is 6.54 Å². The molecule has 2 aromatic rings. The largest absolute Gasteiger partial charge is 0.472 e. The molecule has 0 aromatic carbocycles. The maximum atomic E-state index is 4.93. The Kier molecular flexibility index (Phi) is 2.78. The van der Waals surface area contributed by atoms with Crippen LogP contribution in [0.5, 0.6) is 0 Å². The summed E-state index contributed by atoms with van der Waals surface area (Å²) in [5.74, 6) is 0.606. The summed E-state index contributed by atoms with van der Waals surface area (Å²) in [5, 5.41) is 3.07. The molecule has 0 fully saturated rings. The molecule has 2 heterocycles. The van der Waals surface area contributed by atoms with Crippen molar-refractivity contribution >= 4 is 21.9 Å². The third kappa shape index (κ3) is 2.32. The van der Waals surface area contributed by atoms with Crippen molar-refractivity contribution in [2.75, 3.05) is 5.32 Å². The number of rotatable bonds is 3. The highest BCUT2D eigenvalue weighted by Crippen LogP contribution is 2.08. The molecule has 0 aliphatic heterocycles. The lowest BCUT2D eigenvalue weighted by atomic mass is 10.3. The van der Waals surface area contributed by atoms with Gasteiger partial charge in [0.2, 0.25) is 5.95 Å². The molecule has 2 aromatic heterocycles. The average Bonchev–Trinajstić information content (AvgIpc) is 2.70. The van der Waals surface area contributed by atoms with Gasteiger partial charge < -0.3 is 9.73 Å². The number of hydrogen-bond donors (Lipinski definition) is 1. The Hall–Kier alpha value is -1.36. The van der Waals surface area contributed by atoms with E-state index in [2.05, 4.69) is 31.2 Å². The van der Waals surface area contributed by atoms with Crippen molar-refractivity contribution in [1.29, 1.82) is 0 Å². The van der Waals surface area contributed by atoms with Gasteiger partial charge in [-0.3, -0.25) is 0 Å². The predicted octanol–water partition coefficient (Wildman–Crippen LogP) is 2.44. The molecule has 0 unspecified atom stereocenters. The van der Waals surface area contributed by atoms with Gasteiger partial charge in [0, 0.05) is 24.5 Å². The van der Waals surface area contributed by atoms with Crippen molar-refractivity contribution in [3.05, 3.63) is 41.0 Å². The van der Waals surface area contributed by atoms with Crippen LogP contribution in [-0.4, -0.2) is 9.97 Å². The fourth-order valence-corrected chi connectivity index (χ4v) is 1.18. The van der Waals surface area contributed by atoms with E-state index in [4.69, 9.17) is 4.42 Å². The summed E-state index contributed by atoms with van der Waals surface area (Å²) >= 11 is 3.27. The zero-order valence-electron chi connectivity index (χ0n) is 7.27. The molecule has 2 rings (SSSR count). The van der Waals surface area contributed by atoms with Crippen LogP contribution >= 0.6 is 15.9 Å². The van der Waals surface area contributed by atoms with Gasteiger partial charge in [0.15, 0.2) is 0 Å². The third-order valence-electron chi connectivity index (χ3n) is 1.65. The maximum Gasteiger partial charge on any atom is 0.222 e. The van der Waals surface area contributed by atoms with E-state index in [0.717, 1.165) is 10.0 Å². The Labute approximate surface area is 89.5 Å². The zero-order chi connectivity index (χ0) is 9.80. The molecule has 0 amide bonds. The van der Waals surface area contributed by atoms with E-state index in [1.807, 2.05) is 6.07 Å². The molecule has 0 aliphatic rings. The first-order valence-corrected chi connectivity index (χ1v) is 4.86. The maximum absolute atomic E-state index is 4.93. The normalized spacial score (nSPS) is 10.1.